The third kappa shape index (κ3) is 2.81. The van der Waals surface area contributed by atoms with Crippen molar-refractivity contribution in [2.75, 3.05) is 11.5 Å². The number of esters is 1. The number of nitrogens with one attached hydrogen (secondary N) is 1. The standard InChI is InChI=1S/C21H18ClN3O4/c1-3-29-19(27)17-16-18(26)25(15-10-4-12(2)5-11-15)20(28)21(16,24-23-17)13-6-8-14(22)9-7-13/h4-11,16,24H,3H2,1-2H3/t16-,21-/m0/s1. The fourth-order valence-corrected chi connectivity index (χ4v) is 3.86. The Kier molecular flexibility index (Phi) is 4.62. The first-order valence-corrected chi connectivity index (χ1v) is 9.51. The number of carbonyl (C=O) groups excluding carboxylic acids is 3. The highest BCUT2D eigenvalue weighted by molar-refractivity contribution is 6.47. The topological polar surface area (TPSA) is 88.1 Å². The average Bonchev–Trinajstić information content (AvgIpc) is 3.20. The Balaban J connectivity index is 1.86. The number of aryl methyl sites for hydroxylation is 1. The van der Waals surface area contributed by atoms with Crippen LogP contribution in [0.25, 0.3) is 0 Å². The number of imide groups is 1. The molecule has 148 valence electrons. The molecule has 29 heavy (non-hydrogen) atoms. The van der Waals surface area contributed by atoms with E-state index >= 15 is 0 Å². The minimum Gasteiger partial charge on any atom is -0.461 e. The second-order valence-electron chi connectivity index (χ2n) is 6.89. The van der Waals surface area contributed by atoms with Crippen molar-refractivity contribution in [1.82, 2.24) is 5.43 Å². The highest BCUT2D eigenvalue weighted by atomic mass is 35.5. The van der Waals surface area contributed by atoms with Crippen LogP contribution in [0.3, 0.4) is 0 Å². The molecule has 1 saturated heterocycles. The molecule has 0 aliphatic carbocycles. The summed E-state index contributed by atoms with van der Waals surface area (Å²) in [5.41, 5.74) is 3.04. The molecule has 0 unspecified atom stereocenters. The molecule has 1 N–H and O–H groups in total. The number of hydrazone groups is 1. The number of hydrogen-bond acceptors (Lipinski definition) is 6. The van der Waals surface area contributed by atoms with E-state index in [4.69, 9.17) is 16.3 Å². The van der Waals surface area contributed by atoms with Crippen molar-refractivity contribution in [2.45, 2.75) is 19.4 Å². The normalized spacial score (nSPS) is 22.9. The Morgan fingerprint density at radius 3 is 2.45 bits per heavy atom. The molecular formula is C21H18ClN3O4. The van der Waals surface area contributed by atoms with Crippen LogP contribution in [0.15, 0.2) is 53.6 Å². The molecule has 2 aromatic carbocycles. The van der Waals surface area contributed by atoms with Crippen molar-refractivity contribution in [3.63, 3.8) is 0 Å². The summed E-state index contributed by atoms with van der Waals surface area (Å²) in [5.74, 6) is -2.92. The van der Waals surface area contributed by atoms with Crippen LogP contribution in [0.2, 0.25) is 5.02 Å². The van der Waals surface area contributed by atoms with Gasteiger partial charge < -0.3 is 4.74 Å². The molecule has 2 atom stereocenters. The molecule has 4 rings (SSSR count). The van der Waals surface area contributed by atoms with Crippen LogP contribution >= 0.6 is 11.6 Å². The molecule has 0 aromatic heterocycles. The van der Waals surface area contributed by atoms with Crippen molar-refractivity contribution in [3.8, 4) is 0 Å². The van der Waals surface area contributed by atoms with Gasteiger partial charge in [-0.3, -0.25) is 15.0 Å². The SMILES string of the molecule is CCOC(=O)C1=NN[C@]2(c3ccc(Cl)cc3)C(=O)N(c3ccc(C)cc3)C(=O)[C@H]12. The number of carbonyl (C=O) groups is 3. The molecule has 1 fully saturated rings. The minimum atomic E-state index is -1.53. The van der Waals surface area contributed by atoms with Gasteiger partial charge in [-0.1, -0.05) is 41.4 Å². The zero-order valence-electron chi connectivity index (χ0n) is 15.8. The van der Waals surface area contributed by atoms with Gasteiger partial charge in [0.25, 0.3) is 5.91 Å². The number of halogens is 1. The van der Waals surface area contributed by atoms with Crippen LogP contribution in [-0.2, 0) is 24.7 Å². The number of hydrogen-bond donors (Lipinski definition) is 1. The molecule has 2 aliphatic heterocycles. The molecule has 2 amide bonds. The zero-order valence-corrected chi connectivity index (χ0v) is 16.6. The molecule has 0 bridgehead atoms. The van der Waals surface area contributed by atoms with Gasteiger partial charge in [0.15, 0.2) is 11.3 Å². The summed E-state index contributed by atoms with van der Waals surface area (Å²) < 4.78 is 5.06. The highest BCUT2D eigenvalue weighted by Crippen LogP contribution is 2.45. The lowest BCUT2D eigenvalue weighted by atomic mass is 9.79. The van der Waals surface area contributed by atoms with E-state index in [2.05, 4.69) is 10.5 Å². The first kappa shape index (κ1) is 19.1. The largest absolute Gasteiger partial charge is 0.461 e. The molecule has 0 spiro atoms. The number of amides is 2. The summed E-state index contributed by atoms with van der Waals surface area (Å²) in [4.78, 5) is 40.6. The number of anilines is 1. The third-order valence-corrected chi connectivity index (χ3v) is 5.40. The van der Waals surface area contributed by atoms with Crippen LogP contribution in [0, 0.1) is 12.8 Å². The maximum absolute atomic E-state index is 13.6. The van der Waals surface area contributed by atoms with Gasteiger partial charge in [-0.2, -0.15) is 5.10 Å². The summed E-state index contributed by atoms with van der Waals surface area (Å²) in [6, 6.07) is 13.6. The van der Waals surface area contributed by atoms with Crippen LogP contribution in [-0.4, -0.2) is 30.1 Å². The highest BCUT2D eigenvalue weighted by Gasteiger charge is 2.67. The number of nitrogens with zero attached hydrogens (tertiary/aromatic N) is 2. The lowest BCUT2D eigenvalue weighted by molar-refractivity contribution is -0.136. The number of ether oxygens (including phenoxy) is 1. The minimum absolute atomic E-state index is 0.116. The first-order valence-electron chi connectivity index (χ1n) is 9.13. The fourth-order valence-electron chi connectivity index (χ4n) is 3.74. The summed E-state index contributed by atoms with van der Waals surface area (Å²) in [5, 5.41) is 4.53. The van der Waals surface area contributed by atoms with Gasteiger partial charge in [0.05, 0.1) is 12.3 Å². The van der Waals surface area contributed by atoms with E-state index in [1.165, 1.54) is 0 Å². The zero-order chi connectivity index (χ0) is 20.8. The second-order valence-corrected chi connectivity index (χ2v) is 7.33. The Bertz CT molecular complexity index is 1030. The Morgan fingerprint density at radius 1 is 1.17 bits per heavy atom. The number of fused-ring (bicyclic) bond motifs is 1. The van der Waals surface area contributed by atoms with Crippen molar-refractivity contribution in [3.05, 3.63) is 64.7 Å². The first-order chi connectivity index (χ1) is 13.9. The van der Waals surface area contributed by atoms with Crippen LogP contribution < -0.4 is 10.3 Å². The monoisotopic (exact) mass is 411 g/mol. The van der Waals surface area contributed by atoms with E-state index in [1.807, 2.05) is 19.1 Å². The van der Waals surface area contributed by atoms with Crippen LogP contribution in [0.5, 0.6) is 0 Å². The lowest BCUT2D eigenvalue weighted by Gasteiger charge is -2.26. The average molecular weight is 412 g/mol. The van der Waals surface area contributed by atoms with Gasteiger partial charge in [0, 0.05) is 5.02 Å². The number of benzene rings is 2. The second kappa shape index (κ2) is 7.00. The summed E-state index contributed by atoms with van der Waals surface area (Å²) in [7, 11) is 0. The summed E-state index contributed by atoms with van der Waals surface area (Å²) >= 11 is 6.00. The van der Waals surface area contributed by atoms with E-state index in [-0.39, 0.29) is 12.3 Å². The number of rotatable bonds is 4. The van der Waals surface area contributed by atoms with E-state index in [1.54, 1.807) is 43.3 Å². The third-order valence-electron chi connectivity index (χ3n) is 5.14. The Labute approximate surface area is 172 Å². The van der Waals surface area contributed by atoms with E-state index in [9.17, 15) is 14.4 Å². The van der Waals surface area contributed by atoms with Crippen molar-refractivity contribution >= 4 is 40.8 Å². The smallest absolute Gasteiger partial charge is 0.355 e. The lowest BCUT2D eigenvalue weighted by Crippen LogP contribution is -2.48. The predicted molar refractivity (Wildman–Crippen MR) is 107 cm³/mol. The van der Waals surface area contributed by atoms with Gasteiger partial charge in [0.1, 0.15) is 5.92 Å². The van der Waals surface area contributed by atoms with Crippen molar-refractivity contribution in [1.29, 1.82) is 0 Å². The van der Waals surface area contributed by atoms with Crippen molar-refractivity contribution < 1.29 is 19.1 Å². The van der Waals surface area contributed by atoms with E-state index in [0.717, 1.165) is 10.5 Å². The maximum atomic E-state index is 13.6. The molecule has 0 saturated carbocycles. The predicted octanol–water partition coefficient (Wildman–Crippen LogP) is 2.56. The quantitative estimate of drug-likeness (QED) is 0.617. The van der Waals surface area contributed by atoms with Gasteiger partial charge in [0.2, 0.25) is 5.91 Å². The fraction of sp³-hybridized carbons (Fsp3) is 0.238. The summed E-state index contributed by atoms with van der Waals surface area (Å²) in [6.45, 7) is 3.70. The van der Waals surface area contributed by atoms with E-state index in [0.29, 0.717) is 16.3 Å². The molecule has 2 heterocycles. The van der Waals surface area contributed by atoms with Gasteiger partial charge in [-0.15, -0.1) is 0 Å². The molecule has 2 aliphatic rings. The maximum Gasteiger partial charge on any atom is 0.355 e. The Hall–Kier alpha value is -3.19. The van der Waals surface area contributed by atoms with Crippen molar-refractivity contribution in [2.24, 2.45) is 11.0 Å². The molecule has 8 heteroatoms. The van der Waals surface area contributed by atoms with Crippen LogP contribution in [0.4, 0.5) is 5.69 Å². The molecule has 2 aromatic rings. The molecule has 7 nitrogen and oxygen atoms in total. The molecular weight excluding hydrogens is 394 g/mol. The van der Waals surface area contributed by atoms with Gasteiger partial charge in [-0.25, -0.2) is 9.69 Å². The summed E-state index contributed by atoms with van der Waals surface area (Å²) in [6.07, 6.45) is 0. The molecule has 0 radical (unpaired) electrons. The Morgan fingerprint density at radius 2 is 1.83 bits per heavy atom. The van der Waals surface area contributed by atoms with Gasteiger partial charge >= 0.3 is 5.97 Å². The van der Waals surface area contributed by atoms with E-state index < -0.39 is 29.2 Å². The van der Waals surface area contributed by atoms with Crippen LogP contribution in [0.1, 0.15) is 18.1 Å². The van der Waals surface area contributed by atoms with Gasteiger partial charge in [-0.05, 0) is 43.7 Å².